The number of benzene rings is 1. The minimum absolute atomic E-state index is 0.0963. The average Bonchev–Trinajstić information content (AvgIpc) is 2.46. The number of rotatable bonds is 4. The summed E-state index contributed by atoms with van der Waals surface area (Å²) in [5.41, 5.74) is 0.877. The van der Waals surface area contributed by atoms with Crippen molar-refractivity contribution in [1.29, 1.82) is 0 Å². The minimum atomic E-state index is -0.400. The van der Waals surface area contributed by atoms with Gasteiger partial charge >= 0.3 is 5.97 Å². The fraction of sp³-hybridized carbons (Fsp3) is 0.143. The Morgan fingerprint density at radius 1 is 1.11 bits per heavy atom. The first-order valence-corrected chi connectivity index (χ1v) is 5.56. The number of ether oxygens (including phenoxy) is 2. The molecule has 0 aliphatic heterocycles. The molecule has 0 fully saturated rings. The zero-order valence-corrected chi connectivity index (χ0v) is 10.1. The van der Waals surface area contributed by atoms with Crippen LogP contribution < -0.4 is 9.30 Å². The van der Waals surface area contributed by atoms with E-state index in [1.54, 1.807) is 0 Å². The van der Waals surface area contributed by atoms with Gasteiger partial charge in [0.2, 0.25) is 0 Å². The van der Waals surface area contributed by atoms with Crippen molar-refractivity contribution in [3.05, 3.63) is 54.9 Å². The highest BCUT2D eigenvalue weighted by molar-refractivity contribution is 5.71. The number of carbonyl (C=O) groups excluding carboxylic acids is 1. The zero-order valence-electron chi connectivity index (χ0n) is 10.1. The Morgan fingerprint density at radius 3 is 2.56 bits per heavy atom. The molecule has 4 heteroatoms. The predicted molar refractivity (Wildman–Crippen MR) is 65.5 cm³/mol. The van der Waals surface area contributed by atoms with Crippen molar-refractivity contribution < 1.29 is 18.8 Å². The van der Waals surface area contributed by atoms with Gasteiger partial charge in [0.1, 0.15) is 0 Å². The number of pyridine rings is 1. The van der Waals surface area contributed by atoms with E-state index in [1.807, 2.05) is 59.4 Å². The summed E-state index contributed by atoms with van der Waals surface area (Å²) in [5.74, 6) is 0.238. The van der Waals surface area contributed by atoms with Gasteiger partial charge in [0.05, 0.1) is 7.11 Å². The Kier molecular flexibility index (Phi) is 3.91. The lowest BCUT2D eigenvalue weighted by molar-refractivity contribution is -0.596. The second kappa shape index (κ2) is 5.82. The average molecular weight is 244 g/mol. The van der Waals surface area contributed by atoms with Crippen molar-refractivity contribution in [2.75, 3.05) is 13.7 Å². The number of methoxy groups -OCH3 is 1. The summed E-state index contributed by atoms with van der Waals surface area (Å²) < 4.78 is 11.9. The highest BCUT2D eigenvalue weighted by atomic mass is 16.6. The van der Waals surface area contributed by atoms with Crippen LogP contribution >= 0.6 is 0 Å². The van der Waals surface area contributed by atoms with Crippen LogP contribution in [0.4, 0.5) is 0 Å². The van der Waals surface area contributed by atoms with E-state index in [9.17, 15) is 4.79 Å². The molecule has 0 saturated carbocycles. The van der Waals surface area contributed by atoms with Gasteiger partial charge in [0.15, 0.2) is 24.8 Å². The molecule has 92 valence electrons. The van der Waals surface area contributed by atoms with Gasteiger partial charge in [-0.15, -0.1) is 0 Å². The molecule has 0 spiro atoms. The van der Waals surface area contributed by atoms with Gasteiger partial charge in [-0.2, -0.15) is 4.57 Å². The molecular weight excluding hydrogens is 230 g/mol. The smallest absolute Gasteiger partial charge is 0.343 e. The van der Waals surface area contributed by atoms with E-state index in [-0.39, 0.29) is 6.61 Å². The monoisotopic (exact) mass is 244 g/mol. The summed E-state index contributed by atoms with van der Waals surface area (Å²) >= 11 is 0. The summed E-state index contributed by atoms with van der Waals surface area (Å²) in [6.07, 6.45) is 3.83. The van der Waals surface area contributed by atoms with Crippen LogP contribution in [0.5, 0.6) is 5.75 Å². The Labute approximate surface area is 105 Å². The quantitative estimate of drug-likeness (QED) is 0.604. The van der Waals surface area contributed by atoms with Gasteiger partial charge in [0.25, 0.3) is 5.69 Å². The van der Waals surface area contributed by atoms with Gasteiger partial charge in [-0.05, 0) is 6.07 Å². The lowest BCUT2D eigenvalue weighted by Crippen LogP contribution is -2.30. The molecule has 2 rings (SSSR count). The predicted octanol–water partition coefficient (Wildman–Crippen LogP) is 1.52. The molecule has 2 aromatic rings. The fourth-order valence-corrected chi connectivity index (χ4v) is 1.55. The molecule has 0 amide bonds. The number of esters is 1. The van der Waals surface area contributed by atoms with Crippen LogP contribution in [0, 0.1) is 0 Å². The van der Waals surface area contributed by atoms with Gasteiger partial charge in [-0.3, -0.25) is 0 Å². The van der Waals surface area contributed by atoms with Gasteiger partial charge in [0, 0.05) is 18.2 Å². The van der Waals surface area contributed by atoms with E-state index in [2.05, 4.69) is 4.74 Å². The van der Waals surface area contributed by atoms with E-state index in [0.717, 1.165) is 5.69 Å². The third-order valence-corrected chi connectivity index (χ3v) is 2.43. The van der Waals surface area contributed by atoms with Crippen LogP contribution in [0.25, 0.3) is 5.69 Å². The molecule has 0 bridgehead atoms. The summed E-state index contributed by atoms with van der Waals surface area (Å²) in [5, 5.41) is 0. The molecule has 0 aliphatic carbocycles. The molecule has 1 aromatic carbocycles. The molecular formula is C14H14NO3+. The van der Waals surface area contributed by atoms with E-state index < -0.39 is 5.97 Å². The number of nitrogens with zero attached hydrogens (tertiary/aromatic N) is 1. The van der Waals surface area contributed by atoms with Crippen molar-refractivity contribution in [3.8, 4) is 11.4 Å². The van der Waals surface area contributed by atoms with Crippen LogP contribution in [0.3, 0.4) is 0 Å². The van der Waals surface area contributed by atoms with Gasteiger partial charge < -0.3 is 9.47 Å². The van der Waals surface area contributed by atoms with E-state index in [0.29, 0.717) is 5.75 Å². The SMILES string of the molecule is COC(=O)COc1ccccc1-[n+]1ccccc1. The molecule has 0 saturated heterocycles. The van der Waals surface area contributed by atoms with E-state index >= 15 is 0 Å². The normalized spacial score (nSPS) is 9.83. The number of hydrogen-bond acceptors (Lipinski definition) is 3. The van der Waals surface area contributed by atoms with Gasteiger partial charge in [-0.1, -0.05) is 18.2 Å². The van der Waals surface area contributed by atoms with Crippen molar-refractivity contribution in [2.24, 2.45) is 0 Å². The van der Waals surface area contributed by atoms with Crippen LogP contribution in [-0.4, -0.2) is 19.7 Å². The number of aromatic nitrogens is 1. The summed E-state index contributed by atoms with van der Waals surface area (Å²) in [6, 6.07) is 13.3. The molecule has 0 radical (unpaired) electrons. The first kappa shape index (κ1) is 12.1. The maximum atomic E-state index is 11.1. The molecule has 18 heavy (non-hydrogen) atoms. The maximum absolute atomic E-state index is 11.1. The second-order valence-corrected chi connectivity index (χ2v) is 3.62. The highest BCUT2D eigenvalue weighted by Gasteiger charge is 2.13. The second-order valence-electron chi connectivity index (χ2n) is 3.62. The van der Waals surface area contributed by atoms with Crippen LogP contribution in [0.2, 0.25) is 0 Å². The first-order valence-electron chi connectivity index (χ1n) is 5.56. The lowest BCUT2D eigenvalue weighted by Gasteiger charge is -2.06. The van der Waals surface area contributed by atoms with Crippen molar-refractivity contribution >= 4 is 5.97 Å². The summed E-state index contributed by atoms with van der Waals surface area (Å²) in [7, 11) is 1.34. The first-order chi connectivity index (χ1) is 8.81. The van der Waals surface area contributed by atoms with Gasteiger partial charge in [-0.25, -0.2) is 4.79 Å². The summed E-state index contributed by atoms with van der Waals surface area (Å²) in [4.78, 5) is 11.1. The van der Waals surface area contributed by atoms with Crippen molar-refractivity contribution in [3.63, 3.8) is 0 Å². The van der Waals surface area contributed by atoms with Crippen molar-refractivity contribution in [2.45, 2.75) is 0 Å². The number of carbonyl (C=O) groups is 1. The third-order valence-electron chi connectivity index (χ3n) is 2.43. The zero-order chi connectivity index (χ0) is 12.8. The van der Waals surface area contributed by atoms with E-state index in [1.165, 1.54) is 7.11 Å². The fourth-order valence-electron chi connectivity index (χ4n) is 1.55. The highest BCUT2D eigenvalue weighted by Crippen LogP contribution is 2.17. The Morgan fingerprint density at radius 2 is 1.83 bits per heavy atom. The molecule has 1 heterocycles. The lowest BCUT2D eigenvalue weighted by atomic mass is 10.3. The largest absolute Gasteiger partial charge is 0.475 e. The third kappa shape index (κ3) is 2.85. The van der Waals surface area contributed by atoms with Crippen LogP contribution in [0.15, 0.2) is 54.9 Å². The minimum Gasteiger partial charge on any atom is -0.475 e. The topological polar surface area (TPSA) is 39.4 Å². The molecule has 4 nitrogen and oxygen atoms in total. The molecule has 1 aromatic heterocycles. The Balaban J connectivity index is 2.24. The molecule has 0 aliphatic rings. The van der Waals surface area contributed by atoms with E-state index in [4.69, 9.17) is 4.74 Å². The molecule has 0 atom stereocenters. The summed E-state index contributed by atoms with van der Waals surface area (Å²) in [6.45, 7) is -0.0963. The molecule has 0 unspecified atom stereocenters. The number of para-hydroxylation sites is 2. The Hall–Kier alpha value is -2.36. The van der Waals surface area contributed by atoms with Crippen LogP contribution in [0.1, 0.15) is 0 Å². The maximum Gasteiger partial charge on any atom is 0.343 e. The standard InChI is InChI=1S/C14H14NO3/c1-17-14(16)11-18-13-8-4-3-7-12(13)15-9-5-2-6-10-15/h2-10H,11H2,1H3/q+1. The number of hydrogen-bond donors (Lipinski definition) is 0. The molecule has 0 N–H and O–H groups in total. The van der Waals surface area contributed by atoms with Crippen molar-refractivity contribution in [1.82, 2.24) is 0 Å². The van der Waals surface area contributed by atoms with Crippen LogP contribution in [-0.2, 0) is 9.53 Å². The Bertz CT molecular complexity index is 526.